The number of hydrogen-bond acceptors (Lipinski definition) is 2. The molecule has 1 heterocycles. The molecule has 2 heteroatoms. The van der Waals surface area contributed by atoms with Gasteiger partial charge in [-0.2, -0.15) is 0 Å². The zero-order valence-corrected chi connectivity index (χ0v) is 10.0. The lowest BCUT2D eigenvalue weighted by atomic mass is 10.1. The molecular weight excluding hydrogens is 204 g/mol. The van der Waals surface area contributed by atoms with Crippen molar-refractivity contribution in [2.45, 2.75) is 26.7 Å². The molecule has 0 amide bonds. The van der Waals surface area contributed by atoms with Gasteiger partial charge >= 0.3 is 0 Å². The van der Waals surface area contributed by atoms with Crippen molar-refractivity contribution >= 4 is 21.4 Å². The van der Waals surface area contributed by atoms with Crippen LogP contribution in [0.25, 0.3) is 10.1 Å². The molecule has 0 aliphatic heterocycles. The predicted octanol–water partition coefficient (Wildman–Crippen LogP) is 3.69. The van der Waals surface area contributed by atoms with Crippen molar-refractivity contribution in [3.63, 3.8) is 0 Å². The van der Waals surface area contributed by atoms with E-state index in [0.717, 1.165) is 10.1 Å². The van der Waals surface area contributed by atoms with Crippen molar-refractivity contribution < 1.29 is 0 Å². The molecule has 0 atom stereocenters. The average molecular weight is 218 g/mol. The summed E-state index contributed by atoms with van der Waals surface area (Å²) in [5, 5.41) is 1.08. The van der Waals surface area contributed by atoms with Crippen LogP contribution in [0.1, 0.15) is 30.2 Å². The molecule has 2 rings (SSSR count). The minimum Gasteiger partial charge on any atom is -0.288 e. The molecule has 0 bridgehead atoms. The van der Waals surface area contributed by atoms with Crippen LogP contribution in [0.5, 0.6) is 0 Å². The highest BCUT2D eigenvalue weighted by Crippen LogP contribution is 2.24. The van der Waals surface area contributed by atoms with E-state index in [9.17, 15) is 4.79 Å². The third kappa shape index (κ3) is 1.95. The molecule has 78 valence electrons. The highest BCUT2D eigenvalue weighted by molar-refractivity contribution is 7.18. The van der Waals surface area contributed by atoms with Crippen LogP contribution in [0.15, 0.2) is 29.1 Å². The van der Waals surface area contributed by atoms with Crippen LogP contribution in [-0.2, 0) is 0 Å². The summed E-state index contributed by atoms with van der Waals surface area (Å²) >= 11 is 1.58. The van der Waals surface area contributed by atoms with Crippen LogP contribution in [0.2, 0.25) is 0 Å². The summed E-state index contributed by atoms with van der Waals surface area (Å²) in [5.41, 5.74) is 1.36. The Kier molecular flexibility index (Phi) is 2.61. The highest BCUT2D eigenvalue weighted by Gasteiger charge is 2.04. The minimum absolute atomic E-state index is 0.134. The Bertz CT molecular complexity index is 552. The number of rotatable bonds is 1. The van der Waals surface area contributed by atoms with Gasteiger partial charge in [-0.1, -0.05) is 19.9 Å². The van der Waals surface area contributed by atoms with Crippen LogP contribution < -0.4 is 5.43 Å². The van der Waals surface area contributed by atoms with E-state index in [0.29, 0.717) is 5.92 Å². The van der Waals surface area contributed by atoms with Crippen LogP contribution in [0.4, 0.5) is 0 Å². The van der Waals surface area contributed by atoms with Crippen molar-refractivity contribution in [2.24, 2.45) is 0 Å². The second-order valence-electron chi connectivity index (χ2n) is 4.14. The quantitative estimate of drug-likeness (QED) is 0.713. The van der Waals surface area contributed by atoms with E-state index >= 15 is 0 Å². The second-order valence-corrected chi connectivity index (χ2v) is 5.39. The molecule has 0 radical (unpaired) electrons. The van der Waals surface area contributed by atoms with Crippen molar-refractivity contribution in [1.82, 2.24) is 0 Å². The molecule has 0 fully saturated rings. The largest absolute Gasteiger partial charge is 0.288 e. The van der Waals surface area contributed by atoms with Crippen molar-refractivity contribution in [3.05, 3.63) is 44.9 Å². The van der Waals surface area contributed by atoms with E-state index in [1.54, 1.807) is 17.4 Å². The molecule has 0 aliphatic carbocycles. The lowest BCUT2D eigenvalue weighted by molar-refractivity contribution is 0.869. The molecule has 0 saturated heterocycles. The van der Waals surface area contributed by atoms with E-state index in [4.69, 9.17) is 0 Å². The lowest BCUT2D eigenvalue weighted by Crippen LogP contribution is -1.90. The number of hydrogen-bond donors (Lipinski definition) is 0. The maximum atomic E-state index is 11.8. The van der Waals surface area contributed by atoms with Gasteiger partial charge in [0.25, 0.3) is 0 Å². The molecule has 0 spiro atoms. The van der Waals surface area contributed by atoms with E-state index in [2.05, 4.69) is 26.0 Å². The first-order valence-electron chi connectivity index (χ1n) is 5.12. The van der Waals surface area contributed by atoms with Gasteiger partial charge in [-0.3, -0.25) is 4.79 Å². The number of fused-ring (bicyclic) bond motifs is 1. The Morgan fingerprint density at radius 3 is 2.60 bits per heavy atom. The average Bonchev–Trinajstić information content (AvgIpc) is 2.46. The molecule has 0 N–H and O–H groups in total. The maximum absolute atomic E-state index is 11.8. The van der Waals surface area contributed by atoms with Gasteiger partial charge in [-0.05, 0) is 42.0 Å². The van der Waals surface area contributed by atoms with Gasteiger partial charge in [0.05, 0.1) is 4.70 Å². The SMILES string of the molecule is Cc1cc2cc(C(C)C)ccc(=O)c2s1. The van der Waals surface area contributed by atoms with Gasteiger partial charge < -0.3 is 0 Å². The summed E-state index contributed by atoms with van der Waals surface area (Å²) < 4.78 is 0.874. The third-order valence-electron chi connectivity index (χ3n) is 2.52. The van der Waals surface area contributed by atoms with Gasteiger partial charge in [-0.25, -0.2) is 0 Å². The van der Waals surface area contributed by atoms with Gasteiger partial charge in [0, 0.05) is 4.88 Å². The normalized spacial score (nSPS) is 11.2. The van der Waals surface area contributed by atoms with Crippen LogP contribution >= 0.6 is 11.3 Å². The molecule has 0 aliphatic rings. The standard InChI is InChI=1S/C13H14OS/c1-8(2)10-4-5-12(14)13-11(7-10)6-9(3)15-13/h4-8H,1-3H3. The molecule has 0 saturated carbocycles. The molecular formula is C13H14OS. The van der Waals surface area contributed by atoms with Gasteiger partial charge in [0.15, 0.2) is 5.43 Å². The summed E-state index contributed by atoms with van der Waals surface area (Å²) in [6, 6.07) is 7.85. The summed E-state index contributed by atoms with van der Waals surface area (Å²) in [6.45, 7) is 6.33. The van der Waals surface area contributed by atoms with Crippen molar-refractivity contribution in [1.29, 1.82) is 0 Å². The monoisotopic (exact) mass is 218 g/mol. The highest BCUT2D eigenvalue weighted by atomic mass is 32.1. The topological polar surface area (TPSA) is 17.1 Å². The second kappa shape index (κ2) is 3.78. The van der Waals surface area contributed by atoms with E-state index < -0.39 is 0 Å². The lowest BCUT2D eigenvalue weighted by Gasteiger charge is -2.00. The molecule has 1 nitrogen and oxygen atoms in total. The molecule has 2 aromatic rings. The Morgan fingerprint density at radius 2 is 1.93 bits per heavy atom. The number of thiophene rings is 1. The summed E-state index contributed by atoms with van der Waals surface area (Å²) in [5.74, 6) is 0.459. The van der Waals surface area contributed by atoms with Gasteiger partial charge in [0.2, 0.25) is 0 Å². The smallest absolute Gasteiger partial charge is 0.196 e. The van der Waals surface area contributed by atoms with Crippen LogP contribution in [0.3, 0.4) is 0 Å². The van der Waals surface area contributed by atoms with Crippen LogP contribution in [0, 0.1) is 6.92 Å². The fraction of sp³-hybridized carbons (Fsp3) is 0.308. The third-order valence-corrected chi connectivity index (χ3v) is 3.60. The fourth-order valence-corrected chi connectivity index (χ4v) is 2.58. The summed E-state index contributed by atoms with van der Waals surface area (Å²) in [4.78, 5) is 13.0. The Balaban J connectivity index is 2.84. The number of aryl methyl sites for hydroxylation is 1. The molecule has 1 aromatic carbocycles. The van der Waals surface area contributed by atoms with Crippen molar-refractivity contribution in [3.8, 4) is 0 Å². The first-order valence-corrected chi connectivity index (χ1v) is 5.94. The minimum atomic E-state index is 0.134. The zero-order valence-electron chi connectivity index (χ0n) is 9.20. The summed E-state index contributed by atoms with van der Waals surface area (Å²) in [7, 11) is 0. The molecule has 1 aromatic heterocycles. The maximum Gasteiger partial charge on any atom is 0.196 e. The van der Waals surface area contributed by atoms with E-state index in [-0.39, 0.29) is 5.43 Å². The fourth-order valence-electron chi connectivity index (χ4n) is 1.67. The van der Waals surface area contributed by atoms with E-state index in [1.807, 2.05) is 13.0 Å². The zero-order chi connectivity index (χ0) is 11.0. The predicted molar refractivity (Wildman–Crippen MR) is 66.9 cm³/mol. The summed E-state index contributed by atoms with van der Waals surface area (Å²) in [6.07, 6.45) is 0. The van der Waals surface area contributed by atoms with Gasteiger partial charge in [0.1, 0.15) is 0 Å². The molecule has 0 unspecified atom stereocenters. The molecule has 15 heavy (non-hydrogen) atoms. The first kappa shape index (κ1) is 10.4. The van der Waals surface area contributed by atoms with Crippen molar-refractivity contribution in [2.75, 3.05) is 0 Å². The van der Waals surface area contributed by atoms with Gasteiger partial charge in [-0.15, -0.1) is 11.3 Å². The Hall–Kier alpha value is -1.15. The Labute approximate surface area is 93.4 Å². The first-order chi connectivity index (χ1) is 7.08. The van der Waals surface area contributed by atoms with Crippen LogP contribution in [-0.4, -0.2) is 0 Å². The van der Waals surface area contributed by atoms with E-state index in [1.165, 1.54) is 10.4 Å². The Morgan fingerprint density at radius 1 is 1.20 bits per heavy atom.